The summed E-state index contributed by atoms with van der Waals surface area (Å²) in [5.41, 5.74) is -1.30. The second-order valence-corrected chi connectivity index (χ2v) is 46.0. The first-order valence-electron chi connectivity index (χ1n) is 47.7. The van der Waals surface area contributed by atoms with Crippen LogP contribution in [0.1, 0.15) is 294 Å². The Morgan fingerprint density at radius 1 is 0.350 bits per heavy atom. The second-order valence-electron chi connectivity index (χ2n) is 46.0. The molecule has 4 aromatic heterocycles. The first-order chi connectivity index (χ1) is 55.5. The molecular weight excluding hydrogens is 1470 g/mol. The van der Waals surface area contributed by atoms with Gasteiger partial charge in [0, 0.05) is 29.9 Å². The maximum atomic E-state index is 13.3. The largest absolute Gasteiger partial charge is 0.390 e. The number of aliphatic hydroxyl groups is 4. The van der Waals surface area contributed by atoms with Crippen molar-refractivity contribution in [2.45, 2.75) is 344 Å². The highest BCUT2D eigenvalue weighted by Gasteiger charge is 2.67. The molecule has 22 heteroatoms. The van der Waals surface area contributed by atoms with Crippen LogP contribution in [0.5, 0.6) is 0 Å². The molecule has 0 amide bonds. The SMILES string of the molecule is C[C@@H]1C[C@H](C(=O)Cn2ccnn2)[C@@]2(C)CC[C@H]3[C@@H](CC[C@@H]4C[C@](C)(O)CC[C@@H]43)[C@H]12.C[C@@H]1C[C@H](C(=O)Cn2nccn2)[C@@]2(C)CC[C@H]3[C@@H](CC[C@@H]4C[C@](C)(O)CC[C@@H]43)[C@H]12.C[C@@H]1C[C@H](C(=O)Cn2ncnn2)[C@@]2(C)CC[C@H]3[C@@H](CC[C@@H]4C[C@](C)(O)CC[C@@H]43)[C@H]12.Cc1nnn(CC(=O)[C@H]2C[C@@H](C)[C@H]3[C@@H]4CC[C@@H]5C[C@](C)(O)CC[C@@H]5[C@H]4CC[C@@]32C)n1. The monoisotopic (exact) mass is 1610 g/mol. The molecule has 0 unspecified atom stereocenters. The number of carbonyl (C=O) groups excluding carboxylic acids is 4. The standard InChI is InChI=1S/C24H38N4O2.2C24H37N3O2.C23H36N4O2/c1-14-11-20(21(29)13-28-26-15(2)25-27-28)24(4)10-8-18-17-7-9-23(3,30)12-16(17)5-6-19(18)22(14)24;1-15-12-20(21(28)14-27-11-10-25-26-27)24(3)9-7-18-17-6-8-23(2,29)13-16(17)4-5-19(18)22(15)24;1-15-12-20(21(28)14-27-25-10-11-26-27)24(3)9-7-18-17-6-8-23(2,29)13-16(17)4-5-19(18)22(15)24;1-14-10-19(20(28)12-27-25-13-24-26-27)23(3)9-7-17-16-6-8-22(2,29)11-15(16)4-5-18(17)21(14)23/h14,16-20,22,30H,5-13H2,1-4H3;2*10-11,15-20,22,29H,4-9,12-14H2,1-3H3;13-19,21,29H,4-12H2,1-3H3/t14-,16-,17+,18-,19-,20-,22+,23-,24-;2*15-,16-,17+,18-,19-,20-,22+,23-,24-;14-,15-,16+,17-,18-,19-,21+,22-,23-/m1111/s1. The van der Waals surface area contributed by atoms with Gasteiger partial charge >= 0.3 is 0 Å². The van der Waals surface area contributed by atoms with E-state index in [9.17, 15) is 39.6 Å². The molecule has 16 saturated carbocycles. The molecule has 16 fully saturated rings. The lowest BCUT2D eigenvalue weighted by molar-refractivity contribution is -0.134. The summed E-state index contributed by atoms with van der Waals surface area (Å²) < 4.78 is 1.69. The van der Waals surface area contributed by atoms with Gasteiger partial charge in [-0.15, -0.1) is 25.5 Å². The molecule has 0 spiro atoms. The van der Waals surface area contributed by atoms with E-state index < -0.39 is 22.4 Å². The average Bonchev–Trinajstić information content (AvgIpc) is 1.63. The molecule has 0 aromatic carbocycles. The number of carbonyl (C=O) groups is 4. The molecule has 36 atom stereocenters. The van der Waals surface area contributed by atoms with Gasteiger partial charge in [0.2, 0.25) is 0 Å². The Bertz CT molecular complexity index is 3840. The van der Waals surface area contributed by atoms with E-state index in [2.05, 4.69) is 107 Å². The second kappa shape index (κ2) is 31.9. The van der Waals surface area contributed by atoms with Gasteiger partial charge < -0.3 is 20.4 Å². The highest BCUT2D eigenvalue weighted by atomic mass is 16.3. The summed E-state index contributed by atoms with van der Waals surface area (Å²) in [5.74, 6) is 19.9. The number of fused-ring (bicyclic) bond motifs is 20. The molecule has 0 bridgehead atoms. The third kappa shape index (κ3) is 15.8. The number of ketones is 4. The van der Waals surface area contributed by atoms with Gasteiger partial charge in [-0.1, -0.05) is 60.6 Å². The summed E-state index contributed by atoms with van der Waals surface area (Å²) >= 11 is 0. The summed E-state index contributed by atoms with van der Waals surface area (Å²) in [6.45, 7) is 30.4. The number of hydrogen-bond acceptors (Lipinski definition) is 18. The number of Topliss-reactive ketones (excluding diaryl/α,β-unsaturated/α-hetero) is 4. The molecule has 0 saturated heterocycles. The van der Waals surface area contributed by atoms with E-state index in [1.807, 2.05) is 34.6 Å². The smallest absolute Gasteiger partial charge is 0.171 e. The maximum absolute atomic E-state index is 13.3. The van der Waals surface area contributed by atoms with E-state index in [1.54, 1.807) is 34.3 Å². The molecule has 4 heterocycles. The van der Waals surface area contributed by atoms with Crippen molar-refractivity contribution < 1.29 is 39.6 Å². The summed E-state index contributed by atoms with van der Waals surface area (Å²) in [6.07, 6.45) is 44.9. The van der Waals surface area contributed by atoms with Gasteiger partial charge in [0.25, 0.3) is 0 Å². The van der Waals surface area contributed by atoms with Crippen molar-refractivity contribution in [3.8, 4) is 0 Å². The molecule has 0 aliphatic heterocycles. The molecular formula is C95H148N14O8. The van der Waals surface area contributed by atoms with E-state index in [1.165, 1.54) is 144 Å². The van der Waals surface area contributed by atoms with Crippen molar-refractivity contribution in [3.05, 3.63) is 36.9 Å². The lowest BCUT2D eigenvalue weighted by Gasteiger charge is -2.57. The zero-order valence-electron chi connectivity index (χ0n) is 73.7. The first-order valence-corrected chi connectivity index (χ1v) is 47.7. The number of aromatic nitrogens is 14. The van der Waals surface area contributed by atoms with Crippen molar-refractivity contribution >= 4 is 23.1 Å². The van der Waals surface area contributed by atoms with Crippen LogP contribution in [0.4, 0.5) is 0 Å². The Balaban J connectivity index is 0.000000112. The molecule has 16 aliphatic carbocycles. The fourth-order valence-electron chi connectivity index (χ4n) is 34.8. The Hall–Kier alpha value is -5.06. The van der Waals surface area contributed by atoms with Crippen LogP contribution in [0.3, 0.4) is 0 Å². The van der Waals surface area contributed by atoms with Crippen molar-refractivity contribution in [1.29, 1.82) is 0 Å². The Labute approximate surface area is 697 Å². The Kier molecular flexibility index (Phi) is 23.0. The fourth-order valence-corrected chi connectivity index (χ4v) is 34.8. The normalized spacial score (nSPS) is 48.9. The lowest BCUT2D eigenvalue weighted by Crippen LogP contribution is -2.51. The van der Waals surface area contributed by atoms with Crippen molar-refractivity contribution in [2.75, 3.05) is 0 Å². The highest BCUT2D eigenvalue weighted by molar-refractivity contribution is 5.83. The van der Waals surface area contributed by atoms with Crippen LogP contribution in [0.15, 0.2) is 31.1 Å². The quantitative estimate of drug-likeness (QED) is 0.102. The van der Waals surface area contributed by atoms with Crippen molar-refractivity contribution in [2.24, 2.45) is 187 Å². The van der Waals surface area contributed by atoms with Crippen LogP contribution in [0.25, 0.3) is 0 Å². The first kappa shape index (κ1) is 84.2. The average molecular weight is 1610 g/mol. The summed E-state index contributed by atoms with van der Waals surface area (Å²) in [4.78, 5) is 57.5. The predicted octanol–water partition coefficient (Wildman–Crippen LogP) is 15.6. The Morgan fingerprint density at radius 3 is 0.966 bits per heavy atom. The van der Waals surface area contributed by atoms with Gasteiger partial charge in [0.15, 0.2) is 35.3 Å². The van der Waals surface area contributed by atoms with E-state index in [-0.39, 0.29) is 58.4 Å². The number of aryl methyl sites for hydroxylation is 1. The minimum absolute atomic E-state index is 0.111. The van der Waals surface area contributed by atoms with Gasteiger partial charge in [-0.05, 0) is 414 Å². The molecule has 0 radical (unpaired) electrons. The third-order valence-corrected chi connectivity index (χ3v) is 38.8. The summed E-state index contributed by atoms with van der Waals surface area (Å²) in [6, 6.07) is 0. The van der Waals surface area contributed by atoms with Gasteiger partial charge in [0.1, 0.15) is 26.2 Å². The zero-order valence-corrected chi connectivity index (χ0v) is 73.7. The minimum atomic E-state index is -0.455. The van der Waals surface area contributed by atoms with E-state index >= 15 is 0 Å². The van der Waals surface area contributed by atoms with Gasteiger partial charge in [0.05, 0.1) is 41.0 Å². The molecule has 4 aromatic rings. The Morgan fingerprint density at radius 2 is 0.667 bits per heavy atom. The number of hydrogen-bond donors (Lipinski definition) is 4. The molecule has 4 N–H and O–H groups in total. The van der Waals surface area contributed by atoms with Crippen LogP contribution < -0.4 is 0 Å². The predicted molar refractivity (Wildman–Crippen MR) is 444 cm³/mol. The van der Waals surface area contributed by atoms with Gasteiger partial charge in [-0.25, -0.2) is 4.68 Å². The lowest BCUT2D eigenvalue weighted by atomic mass is 9.48. The number of nitrogens with zero attached hydrogens (tertiary/aromatic N) is 14. The van der Waals surface area contributed by atoms with Crippen molar-refractivity contribution in [1.82, 2.24) is 70.4 Å². The van der Waals surface area contributed by atoms with Gasteiger partial charge in [-0.3, -0.25) is 19.2 Å². The molecule has 22 nitrogen and oxygen atoms in total. The van der Waals surface area contributed by atoms with Crippen molar-refractivity contribution in [3.63, 3.8) is 0 Å². The van der Waals surface area contributed by atoms with E-state index in [0.29, 0.717) is 113 Å². The van der Waals surface area contributed by atoms with Crippen LogP contribution >= 0.6 is 0 Å². The third-order valence-electron chi connectivity index (χ3n) is 38.8. The molecule has 646 valence electrons. The molecule has 16 aliphatic rings. The highest BCUT2D eigenvalue weighted by Crippen LogP contribution is 2.72. The van der Waals surface area contributed by atoms with Crippen LogP contribution in [-0.2, 0) is 45.4 Å². The number of rotatable bonds is 12. The summed E-state index contributed by atoms with van der Waals surface area (Å²) in [5, 5.41) is 82.5. The molecule has 20 rings (SSSR count). The van der Waals surface area contributed by atoms with Crippen LogP contribution in [0, 0.1) is 194 Å². The molecule has 117 heavy (non-hydrogen) atoms. The maximum Gasteiger partial charge on any atom is 0.171 e. The van der Waals surface area contributed by atoms with Crippen LogP contribution in [-0.4, -0.2) is 136 Å². The number of tetrazole rings is 2. The topological polar surface area (TPSA) is 298 Å². The van der Waals surface area contributed by atoms with Gasteiger partial charge in [-0.2, -0.15) is 24.6 Å². The minimum Gasteiger partial charge on any atom is -0.390 e. The van der Waals surface area contributed by atoms with Crippen LogP contribution in [0.2, 0.25) is 0 Å². The zero-order chi connectivity index (χ0) is 82.4. The van der Waals surface area contributed by atoms with E-state index in [0.717, 1.165) is 148 Å². The fraction of sp³-hybridized carbons (Fsp3) is 0.895. The summed E-state index contributed by atoms with van der Waals surface area (Å²) in [7, 11) is 0. The van der Waals surface area contributed by atoms with E-state index in [4.69, 9.17) is 0 Å².